The van der Waals surface area contributed by atoms with E-state index in [1.807, 2.05) is 62.4 Å². The first-order valence-corrected chi connectivity index (χ1v) is 8.13. The van der Waals surface area contributed by atoms with Gasteiger partial charge in [0.2, 0.25) is 0 Å². The molecule has 2 aromatic carbocycles. The molecule has 2 amide bonds. The summed E-state index contributed by atoms with van der Waals surface area (Å²) < 4.78 is 0. The Bertz CT molecular complexity index is 630. The van der Waals surface area contributed by atoms with E-state index in [0.29, 0.717) is 13.1 Å². The maximum atomic E-state index is 13.0. The first-order chi connectivity index (χ1) is 11.6. The Morgan fingerprint density at radius 1 is 0.833 bits per heavy atom. The SMILES string of the molecule is CCN(C(=O)N(CC)c1cccc(CO)c1)c1cccc(CO)c1. The first kappa shape index (κ1) is 18.0. The molecule has 0 heterocycles. The second-order valence-corrected chi connectivity index (χ2v) is 5.43. The summed E-state index contributed by atoms with van der Waals surface area (Å²) in [5.74, 6) is 0. The first-order valence-electron chi connectivity index (χ1n) is 8.13. The monoisotopic (exact) mass is 328 g/mol. The maximum Gasteiger partial charge on any atom is 0.328 e. The zero-order valence-electron chi connectivity index (χ0n) is 14.1. The van der Waals surface area contributed by atoms with Gasteiger partial charge in [-0.3, -0.25) is 9.80 Å². The van der Waals surface area contributed by atoms with Crippen molar-refractivity contribution in [3.8, 4) is 0 Å². The minimum absolute atomic E-state index is 0.0599. The lowest BCUT2D eigenvalue weighted by Crippen LogP contribution is -2.43. The molecule has 5 heteroatoms. The predicted molar refractivity (Wildman–Crippen MR) is 96.2 cm³/mol. The van der Waals surface area contributed by atoms with Gasteiger partial charge in [0, 0.05) is 24.5 Å². The van der Waals surface area contributed by atoms with Crippen molar-refractivity contribution in [1.29, 1.82) is 0 Å². The predicted octanol–water partition coefficient (Wildman–Crippen LogP) is 3.14. The van der Waals surface area contributed by atoms with Crippen LogP contribution in [0.5, 0.6) is 0 Å². The molecule has 0 aliphatic heterocycles. The minimum Gasteiger partial charge on any atom is -0.392 e. The van der Waals surface area contributed by atoms with E-state index in [9.17, 15) is 15.0 Å². The molecule has 0 saturated carbocycles. The van der Waals surface area contributed by atoms with Crippen LogP contribution in [0.2, 0.25) is 0 Å². The number of carbonyl (C=O) groups is 1. The van der Waals surface area contributed by atoms with Gasteiger partial charge in [-0.1, -0.05) is 24.3 Å². The number of aliphatic hydroxyl groups excluding tert-OH is 2. The smallest absolute Gasteiger partial charge is 0.328 e. The van der Waals surface area contributed by atoms with Gasteiger partial charge < -0.3 is 10.2 Å². The number of nitrogens with zero attached hydrogens (tertiary/aromatic N) is 2. The molecule has 0 spiro atoms. The van der Waals surface area contributed by atoms with Crippen LogP contribution in [-0.4, -0.2) is 29.3 Å². The molecule has 0 atom stereocenters. The van der Waals surface area contributed by atoms with E-state index in [4.69, 9.17) is 0 Å². The van der Waals surface area contributed by atoms with E-state index < -0.39 is 0 Å². The molecule has 0 aliphatic rings. The number of anilines is 2. The molecule has 0 aliphatic carbocycles. The summed E-state index contributed by atoms with van der Waals surface area (Å²) in [5.41, 5.74) is 3.05. The Labute approximate surface area is 142 Å². The van der Waals surface area contributed by atoms with Gasteiger partial charge in [-0.15, -0.1) is 0 Å². The summed E-state index contributed by atoms with van der Waals surface area (Å²) >= 11 is 0. The van der Waals surface area contributed by atoms with Crippen molar-refractivity contribution in [3.05, 3.63) is 59.7 Å². The third-order valence-corrected chi connectivity index (χ3v) is 3.90. The Balaban J connectivity index is 2.33. The third-order valence-electron chi connectivity index (χ3n) is 3.90. The highest BCUT2D eigenvalue weighted by atomic mass is 16.3. The number of rotatable bonds is 6. The number of hydrogen-bond acceptors (Lipinski definition) is 3. The second-order valence-electron chi connectivity index (χ2n) is 5.43. The molecule has 0 fully saturated rings. The van der Waals surface area contributed by atoms with Crippen molar-refractivity contribution in [1.82, 2.24) is 0 Å². The second kappa shape index (κ2) is 8.47. The van der Waals surface area contributed by atoms with E-state index in [-0.39, 0.29) is 19.2 Å². The summed E-state index contributed by atoms with van der Waals surface area (Å²) in [4.78, 5) is 16.4. The molecule has 2 aromatic rings. The number of hydrogen-bond donors (Lipinski definition) is 2. The largest absolute Gasteiger partial charge is 0.392 e. The molecule has 0 radical (unpaired) electrons. The van der Waals surface area contributed by atoms with E-state index in [1.54, 1.807) is 9.80 Å². The van der Waals surface area contributed by atoms with Crippen LogP contribution in [0.4, 0.5) is 16.2 Å². The van der Waals surface area contributed by atoms with Gasteiger partial charge in [-0.25, -0.2) is 4.79 Å². The Kier molecular flexibility index (Phi) is 6.35. The molecule has 0 saturated heterocycles. The molecule has 24 heavy (non-hydrogen) atoms. The van der Waals surface area contributed by atoms with E-state index in [2.05, 4.69) is 0 Å². The summed E-state index contributed by atoms with van der Waals surface area (Å²) in [6, 6.07) is 14.5. The van der Waals surface area contributed by atoms with Crippen LogP contribution in [0.15, 0.2) is 48.5 Å². The minimum atomic E-state index is -0.134. The van der Waals surface area contributed by atoms with Gasteiger partial charge in [0.15, 0.2) is 0 Å². The van der Waals surface area contributed by atoms with Gasteiger partial charge in [0.1, 0.15) is 0 Å². The maximum absolute atomic E-state index is 13.0. The van der Waals surface area contributed by atoms with E-state index >= 15 is 0 Å². The Morgan fingerprint density at radius 2 is 1.25 bits per heavy atom. The Hall–Kier alpha value is -2.37. The highest BCUT2D eigenvalue weighted by Gasteiger charge is 2.21. The average molecular weight is 328 g/mol. The molecule has 2 N–H and O–H groups in total. The standard InChI is InChI=1S/C19H24N2O3/c1-3-20(17-9-5-7-15(11-17)13-22)19(24)21(4-2)18-10-6-8-16(12-18)14-23/h5-12,22-23H,3-4,13-14H2,1-2H3. The van der Waals surface area contributed by atoms with Crippen LogP contribution in [0.3, 0.4) is 0 Å². The van der Waals surface area contributed by atoms with Crippen molar-refractivity contribution in [3.63, 3.8) is 0 Å². The van der Waals surface area contributed by atoms with Gasteiger partial charge in [-0.05, 0) is 49.2 Å². The van der Waals surface area contributed by atoms with Crippen LogP contribution in [0.1, 0.15) is 25.0 Å². The Morgan fingerprint density at radius 3 is 1.58 bits per heavy atom. The zero-order chi connectivity index (χ0) is 17.5. The molecule has 0 bridgehead atoms. The molecule has 2 rings (SSSR count). The lowest BCUT2D eigenvalue weighted by Gasteiger charge is -2.30. The lowest BCUT2D eigenvalue weighted by atomic mass is 10.2. The molecule has 0 aromatic heterocycles. The van der Waals surface area contributed by atoms with Crippen molar-refractivity contribution in [2.75, 3.05) is 22.9 Å². The van der Waals surface area contributed by atoms with Crippen molar-refractivity contribution < 1.29 is 15.0 Å². The normalized spacial score (nSPS) is 10.5. The molecule has 5 nitrogen and oxygen atoms in total. The number of benzene rings is 2. The molecular weight excluding hydrogens is 304 g/mol. The molecule has 128 valence electrons. The highest BCUT2D eigenvalue weighted by molar-refractivity contribution is 6.03. The summed E-state index contributed by atoms with van der Waals surface area (Å²) in [6.45, 7) is 4.75. The van der Waals surface area contributed by atoms with E-state index in [1.165, 1.54) is 0 Å². The van der Waals surface area contributed by atoms with E-state index in [0.717, 1.165) is 22.5 Å². The van der Waals surface area contributed by atoms with Crippen molar-refractivity contribution in [2.45, 2.75) is 27.1 Å². The van der Waals surface area contributed by atoms with Gasteiger partial charge >= 0.3 is 6.03 Å². The van der Waals surface area contributed by atoms with Crippen LogP contribution in [-0.2, 0) is 13.2 Å². The van der Waals surface area contributed by atoms with Crippen LogP contribution in [0, 0.1) is 0 Å². The fourth-order valence-corrected chi connectivity index (χ4v) is 2.65. The fourth-order valence-electron chi connectivity index (χ4n) is 2.65. The molecule has 0 unspecified atom stereocenters. The average Bonchev–Trinajstić information content (AvgIpc) is 2.63. The number of urea groups is 1. The zero-order valence-corrected chi connectivity index (χ0v) is 14.1. The number of amides is 2. The quantitative estimate of drug-likeness (QED) is 0.856. The molecular formula is C19H24N2O3. The summed E-state index contributed by atoms with van der Waals surface area (Å²) in [7, 11) is 0. The highest BCUT2D eigenvalue weighted by Crippen LogP contribution is 2.22. The van der Waals surface area contributed by atoms with Gasteiger partial charge in [0.05, 0.1) is 13.2 Å². The van der Waals surface area contributed by atoms with Crippen molar-refractivity contribution in [2.24, 2.45) is 0 Å². The lowest BCUT2D eigenvalue weighted by molar-refractivity contribution is 0.252. The van der Waals surface area contributed by atoms with Gasteiger partial charge in [-0.2, -0.15) is 0 Å². The van der Waals surface area contributed by atoms with Gasteiger partial charge in [0.25, 0.3) is 0 Å². The number of aliphatic hydroxyl groups is 2. The number of carbonyl (C=O) groups excluding carboxylic acids is 1. The summed E-state index contributed by atoms with van der Waals surface area (Å²) in [5, 5.41) is 18.6. The fraction of sp³-hybridized carbons (Fsp3) is 0.316. The van der Waals surface area contributed by atoms with Crippen LogP contribution < -0.4 is 9.80 Å². The van der Waals surface area contributed by atoms with Crippen LogP contribution in [0.25, 0.3) is 0 Å². The summed E-state index contributed by atoms with van der Waals surface area (Å²) in [6.07, 6.45) is 0. The topological polar surface area (TPSA) is 64.0 Å². The van der Waals surface area contributed by atoms with Crippen LogP contribution >= 0.6 is 0 Å². The van der Waals surface area contributed by atoms with Crippen molar-refractivity contribution >= 4 is 17.4 Å². The third kappa shape index (κ3) is 3.93.